The summed E-state index contributed by atoms with van der Waals surface area (Å²) in [7, 11) is 0. The number of thioether (sulfide) groups is 1. The molecule has 1 atom stereocenters. The topological polar surface area (TPSA) is 80.0 Å². The lowest BCUT2D eigenvalue weighted by atomic mass is 10.2. The quantitative estimate of drug-likeness (QED) is 0.591. The number of halogens is 1. The van der Waals surface area contributed by atoms with Crippen LogP contribution >= 0.6 is 11.8 Å². The van der Waals surface area contributed by atoms with E-state index in [1.54, 1.807) is 19.1 Å². The summed E-state index contributed by atoms with van der Waals surface area (Å²) in [6.07, 6.45) is 0. The highest BCUT2D eigenvalue weighted by Crippen LogP contribution is 2.24. The van der Waals surface area contributed by atoms with Crippen molar-refractivity contribution >= 4 is 29.0 Å². The molecule has 0 saturated heterocycles. The number of nitrogens with zero attached hydrogens (tertiary/aromatic N) is 2. The van der Waals surface area contributed by atoms with Gasteiger partial charge in [0.15, 0.2) is 0 Å². The van der Waals surface area contributed by atoms with E-state index < -0.39 is 5.25 Å². The van der Waals surface area contributed by atoms with Crippen LogP contribution in [-0.4, -0.2) is 21.4 Å². The number of nitrogens with one attached hydrogen (secondary N) is 2. The molecule has 0 bridgehead atoms. The number of aryl methyl sites for hydroxylation is 1. The largest absolute Gasteiger partial charge is 0.414 e. The first-order valence-corrected chi connectivity index (χ1v) is 9.24. The van der Waals surface area contributed by atoms with Crippen molar-refractivity contribution in [2.75, 3.05) is 10.6 Å². The minimum absolute atomic E-state index is 0.140. The minimum Gasteiger partial charge on any atom is -0.414 e. The van der Waals surface area contributed by atoms with Crippen molar-refractivity contribution in [2.45, 2.75) is 30.9 Å². The molecule has 1 amide bonds. The van der Waals surface area contributed by atoms with E-state index in [2.05, 4.69) is 20.8 Å². The molecule has 140 valence electrons. The van der Waals surface area contributed by atoms with Gasteiger partial charge in [-0.1, -0.05) is 30.0 Å². The van der Waals surface area contributed by atoms with Crippen LogP contribution in [0, 0.1) is 12.7 Å². The van der Waals surface area contributed by atoms with Crippen LogP contribution in [0.1, 0.15) is 18.4 Å². The molecule has 27 heavy (non-hydrogen) atoms. The highest BCUT2D eigenvalue weighted by Gasteiger charge is 2.19. The van der Waals surface area contributed by atoms with Crippen LogP contribution < -0.4 is 10.6 Å². The number of aromatic nitrogens is 2. The van der Waals surface area contributed by atoms with Gasteiger partial charge < -0.3 is 15.1 Å². The number of carbonyl (C=O) groups is 1. The van der Waals surface area contributed by atoms with Gasteiger partial charge in [0.2, 0.25) is 11.8 Å². The number of amides is 1. The average molecular weight is 386 g/mol. The number of hydrogen-bond acceptors (Lipinski definition) is 6. The predicted molar refractivity (Wildman–Crippen MR) is 103 cm³/mol. The fourth-order valence-corrected chi connectivity index (χ4v) is 2.96. The maximum Gasteiger partial charge on any atom is 0.277 e. The third kappa shape index (κ3) is 5.30. The minimum atomic E-state index is -0.400. The maximum atomic E-state index is 12.9. The Labute approximate surface area is 160 Å². The second-order valence-corrected chi connectivity index (χ2v) is 7.18. The highest BCUT2D eigenvalue weighted by atomic mass is 32.2. The van der Waals surface area contributed by atoms with Crippen LogP contribution in [0.5, 0.6) is 0 Å². The summed E-state index contributed by atoms with van der Waals surface area (Å²) >= 11 is 1.19. The number of hydrogen-bond donors (Lipinski definition) is 2. The molecule has 2 aromatic carbocycles. The van der Waals surface area contributed by atoms with Gasteiger partial charge in [-0.2, -0.15) is 0 Å². The zero-order valence-corrected chi connectivity index (χ0v) is 15.7. The molecule has 0 radical (unpaired) electrons. The number of benzene rings is 2. The van der Waals surface area contributed by atoms with Gasteiger partial charge in [-0.25, -0.2) is 4.39 Å². The summed E-state index contributed by atoms with van der Waals surface area (Å²) in [6.45, 7) is 4.02. The van der Waals surface area contributed by atoms with Crippen molar-refractivity contribution in [3.05, 3.63) is 65.8 Å². The van der Waals surface area contributed by atoms with Gasteiger partial charge in [-0.3, -0.25) is 4.79 Å². The smallest absolute Gasteiger partial charge is 0.277 e. The Morgan fingerprint density at radius 3 is 2.67 bits per heavy atom. The van der Waals surface area contributed by atoms with Crippen LogP contribution in [0.4, 0.5) is 15.8 Å². The Balaban J connectivity index is 1.52. The third-order valence-electron chi connectivity index (χ3n) is 3.79. The molecule has 0 saturated carbocycles. The lowest BCUT2D eigenvalue weighted by Gasteiger charge is -2.11. The number of para-hydroxylation sites is 1. The Kier molecular flexibility index (Phi) is 6.08. The van der Waals surface area contributed by atoms with Gasteiger partial charge in [0.1, 0.15) is 5.82 Å². The lowest BCUT2D eigenvalue weighted by molar-refractivity contribution is -0.115. The second kappa shape index (κ2) is 8.68. The summed E-state index contributed by atoms with van der Waals surface area (Å²) in [4.78, 5) is 12.3. The average Bonchev–Trinajstić information content (AvgIpc) is 3.10. The molecule has 0 spiro atoms. The number of carbonyl (C=O) groups excluding carboxylic acids is 1. The van der Waals surface area contributed by atoms with Crippen molar-refractivity contribution in [3.8, 4) is 0 Å². The van der Waals surface area contributed by atoms with Gasteiger partial charge in [-0.15, -0.1) is 10.2 Å². The van der Waals surface area contributed by atoms with Gasteiger partial charge in [0.05, 0.1) is 11.8 Å². The van der Waals surface area contributed by atoms with Crippen LogP contribution in [0.25, 0.3) is 0 Å². The van der Waals surface area contributed by atoms with E-state index in [0.29, 0.717) is 17.7 Å². The zero-order valence-electron chi connectivity index (χ0n) is 14.9. The molecule has 1 aromatic heterocycles. The molecule has 6 nitrogen and oxygen atoms in total. The maximum absolute atomic E-state index is 12.9. The monoisotopic (exact) mass is 386 g/mol. The van der Waals surface area contributed by atoms with Crippen molar-refractivity contribution in [1.82, 2.24) is 10.2 Å². The molecule has 1 heterocycles. The lowest BCUT2D eigenvalue weighted by Crippen LogP contribution is -2.22. The van der Waals surface area contributed by atoms with E-state index in [4.69, 9.17) is 4.42 Å². The summed E-state index contributed by atoms with van der Waals surface area (Å²) in [5, 5.41) is 13.8. The van der Waals surface area contributed by atoms with Gasteiger partial charge in [0, 0.05) is 11.4 Å². The molecule has 0 aliphatic carbocycles. The van der Waals surface area contributed by atoms with E-state index in [1.165, 1.54) is 23.9 Å². The first-order chi connectivity index (χ1) is 13.0. The molecule has 0 aliphatic rings. The SMILES string of the molecule is Cc1ccccc1NC(=O)[C@@H](C)Sc1nnc(CNc2ccc(F)cc2)o1. The molecule has 3 rings (SSSR count). The first kappa shape index (κ1) is 18.9. The Bertz CT molecular complexity index is 914. The summed E-state index contributed by atoms with van der Waals surface area (Å²) in [5.41, 5.74) is 2.52. The molecule has 0 fully saturated rings. The van der Waals surface area contributed by atoms with Gasteiger partial charge in [0.25, 0.3) is 5.22 Å². The van der Waals surface area contributed by atoms with E-state index >= 15 is 0 Å². The summed E-state index contributed by atoms with van der Waals surface area (Å²) < 4.78 is 18.4. The van der Waals surface area contributed by atoms with Crippen LogP contribution in [-0.2, 0) is 11.3 Å². The van der Waals surface area contributed by atoms with Crippen molar-refractivity contribution < 1.29 is 13.6 Å². The normalized spacial score (nSPS) is 11.8. The molecule has 3 aromatic rings. The van der Waals surface area contributed by atoms with Gasteiger partial charge in [-0.05, 0) is 49.7 Å². The number of rotatable bonds is 7. The summed E-state index contributed by atoms with van der Waals surface area (Å²) in [5.74, 6) is -0.0539. The Morgan fingerprint density at radius 1 is 1.19 bits per heavy atom. The zero-order chi connectivity index (χ0) is 19.2. The molecular formula is C19H19FN4O2S. The number of anilines is 2. The predicted octanol–water partition coefficient (Wildman–Crippen LogP) is 4.25. The highest BCUT2D eigenvalue weighted by molar-refractivity contribution is 8.00. The Hall–Kier alpha value is -2.87. The third-order valence-corrected chi connectivity index (χ3v) is 4.72. The van der Waals surface area contributed by atoms with Crippen molar-refractivity contribution in [2.24, 2.45) is 0 Å². The van der Waals surface area contributed by atoms with Crippen molar-refractivity contribution in [1.29, 1.82) is 0 Å². The van der Waals surface area contributed by atoms with Crippen LogP contribution in [0.2, 0.25) is 0 Å². The second-order valence-electron chi connectivity index (χ2n) is 5.89. The first-order valence-electron chi connectivity index (χ1n) is 8.36. The molecule has 0 unspecified atom stereocenters. The van der Waals surface area contributed by atoms with E-state index in [9.17, 15) is 9.18 Å². The van der Waals surface area contributed by atoms with E-state index in [0.717, 1.165) is 16.9 Å². The fourth-order valence-electron chi connectivity index (χ4n) is 2.25. The van der Waals surface area contributed by atoms with Crippen LogP contribution in [0.15, 0.2) is 58.2 Å². The molecule has 2 N–H and O–H groups in total. The van der Waals surface area contributed by atoms with Gasteiger partial charge >= 0.3 is 0 Å². The molecule has 0 aliphatic heterocycles. The summed E-state index contributed by atoms with van der Waals surface area (Å²) in [6, 6.07) is 13.6. The molecule has 8 heteroatoms. The molecular weight excluding hydrogens is 367 g/mol. The fraction of sp³-hybridized carbons (Fsp3) is 0.211. The Morgan fingerprint density at radius 2 is 1.93 bits per heavy atom. The van der Waals surface area contributed by atoms with E-state index in [-0.39, 0.29) is 11.7 Å². The van der Waals surface area contributed by atoms with E-state index in [1.807, 2.05) is 31.2 Å². The standard InChI is InChI=1S/C19H19FN4O2S/c1-12-5-3-4-6-16(12)22-18(25)13(2)27-19-24-23-17(26-19)11-21-15-9-7-14(20)8-10-15/h3-10,13,21H,11H2,1-2H3,(H,22,25)/t13-/m1/s1. The van der Waals surface area contributed by atoms with Crippen molar-refractivity contribution in [3.63, 3.8) is 0 Å². The van der Waals surface area contributed by atoms with Crippen LogP contribution in [0.3, 0.4) is 0 Å².